The summed E-state index contributed by atoms with van der Waals surface area (Å²) >= 11 is 1.33. The van der Waals surface area contributed by atoms with E-state index < -0.39 is 6.03 Å². The van der Waals surface area contributed by atoms with Crippen LogP contribution in [0.15, 0.2) is 34.3 Å². The van der Waals surface area contributed by atoms with Crippen molar-refractivity contribution in [1.82, 2.24) is 0 Å². The molecule has 24 heavy (non-hydrogen) atoms. The molecule has 0 aromatic heterocycles. The Morgan fingerprint density at radius 2 is 2.25 bits per heavy atom. The third-order valence-corrected chi connectivity index (χ3v) is 5.10. The minimum absolute atomic E-state index is 0.117. The van der Waals surface area contributed by atoms with Gasteiger partial charge >= 0.3 is 6.03 Å². The van der Waals surface area contributed by atoms with Crippen molar-refractivity contribution in [1.29, 1.82) is 0 Å². The zero-order valence-corrected chi connectivity index (χ0v) is 14.3. The Morgan fingerprint density at radius 1 is 1.38 bits per heavy atom. The van der Waals surface area contributed by atoms with Crippen molar-refractivity contribution in [2.45, 2.75) is 25.7 Å². The van der Waals surface area contributed by atoms with Crippen molar-refractivity contribution in [3.05, 3.63) is 24.3 Å². The van der Waals surface area contributed by atoms with Gasteiger partial charge in [-0.25, -0.2) is 9.79 Å². The molecule has 7 heteroatoms. The van der Waals surface area contributed by atoms with Crippen molar-refractivity contribution in [3.63, 3.8) is 0 Å². The molecule has 1 aliphatic heterocycles. The highest BCUT2D eigenvalue weighted by atomic mass is 32.2. The summed E-state index contributed by atoms with van der Waals surface area (Å²) in [5, 5.41) is 3.56. The number of hydrogen-bond acceptors (Lipinski definition) is 4. The highest BCUT2D eigenvalue weighted by Crippen LogP contribution is 2.30. The molecule has 1 aromatic rings. The molecule has 0 radical (unpaired) electrons. The fraction of sp³-hybridized carbons (Fsp3) is 0.412. The van der Waals surface area contributed by atoms with Gasteiger partial charge in [-0.2, -0.15) is 4.99 Å². The van der Waals surface area contributed by atoms with Crippen LogP contribution < -0.4 is 10.1 Å². The zero-order valence-electron chi connectivity index (χ0n) is 13.4. The fourth-order valence-corrected chi connectivity index (χ4v) is 3.83. The first-order valence-electron chi connectivity index (χ1n) is 7.92. The number of fused-ring (bicyclic) bond motifs is 1. The summed E-state index contributed by atoms with van der Waals surface area (Å²) < 4.78 is 5.14. The number of rotatable bonds is 4. The molecule has 1 fully saturated rings. The van der Waals surface area contributed by atoms with Crippen LogP contribution in [0.5, 0.6) is 5.75 Å². The molecule has 0 saturated heterocycles. The van der Waals surface area contributed by atoms with E-state index in [-0.39, 0.29) is 17.6 Å². The number of carbonyl (C=O) groups is 2. The molecule has 1 unspecified atom stereocenters. The quantitative estimate of drug-likeness (QED) is 0.905. The molecule has 3 amide bonds. The van der Waals surface area contributed by atoms with Gasteiger partial charge in [0.05, 0.1) is 17.9 Å². The van der Waals surface area contributed by atoms with E-state index in [1.54, 1.807) is 19.2 Å². The third kappa shape index (κ3) is 4.03. The molecule has 1 atom stereocenters. The summed E-state index contributed by atoms with van der Waals surface area (Å²) in [6.07, 6.45) is 3.98. The predicted molar refractivity (Wildman–Crippen MR) is 96.3 cm³/mol. The van der Waals surface area contributed by atoms with Gasteiger partial charge in [0.1, 0.15) is 5.75 Å². The van der Waals surface area contributed by atoms with Gasteiger partial charge in [-0.1, -0.05) is 24.2 Å². The number of nitrogens with zero attached hydrogens (tertiary/aromatic N) is 2. The van der Waals surface area contributed by atoms with E-state index in [1.165, 1.54) is 11.8 Å². The van der Waals surface area contributed by atoms with E-state index in [0.29, 0.717) is 11.4 Å². The van der Waals surface area contributed by atoms with Gasteiger partial charge in [-0.05, 0) is 31.4 Å². The Hall–Kier alpha value is -2.15. The number of nitrogens with one attached hydrogen (secondary N) is 1. The van der Waals surface area contributed by atoms with Crippen molar-refractivity contribution in [3.8, 4) is 5.75 Å². The minimum Gasteiger partial charge on any atom is -0.497 e. The number of benzene rings is 1. The largest absolute Gasteiger partial charge is 0.497 e. The Kier molecular flexibility index (Phi) is 5.30. The van der Waals surface area contributed by atoms with E-state index in [2.05, 4.69) is 15.3 Å². The molecule has 126 valence electrons. The average molecular weight is 345 g/mol. The molecule has 1 aromatic carbocycles. The van der Waals surface area contributed by atoms with E-state index in [1.807, 2.05) is 12.1 Å². The number of urea groups is 1. The van der Waals surface area contributed by atoms with Gasteiger partial charge in [0, 0.05) is 23.4 Å². The minimum atomic E-state index is -0.446. The summed E-state index contributed by atoms with van der Waals surface area (Å²) in [4.78, 5) is 31.8. The number of carbonyl (C=O) groups excluding carboxylic acids is 2. The van der Waals surface area contributed by atoms with Crippen LogP contribution in [0.25, 0.3) is 0 Å². The lowest BCUT2D eigenvalue weighted by Crippen LogP contribution is -2.31. The van der Waals surface area contributed by atoms with E-state index >= 15 is 0 Å². The van der Waals surface area contributed by atoms with E-state index in [4.69, 9.17) is 4.74 Å². The van der Waals surface area contributed by atoms with Crippen LogP contribution in [0.3, 0.4) is 0 Å². The number of ether oxygens (including phenoxy) is 1. The van der Waals surface area contributed by atoms with Crippen molar-refractivity contribution < 1.29 is 14.3 Å². The topological polar surface area (TPSA) is 80.1 Å². The van der Waals surface area contributed by atoms with Crippen LogP contribution in [0.4, 0.5) is 10.5 Å². The highest BCUT2D eigenvalue weighted by Gasteiger charge is 2.30. The average Bonchev–Trinajstić information content (AvgIpc) is 2.59. The zero-order chi connectivity index (χ0) is 16.9. The van der Waals surface area contributed by atoms with E-state index in [0.717, 1.165) is 36.4 Å². The van der Waals surface area contributed by atoms with Crippen LogP contribution >= 0.6 is 11.8 Å². The maximum atomic E-state index is 12.2. The predicted octanol–water partition coefficient (Wildman–Crippen LogP) is 3.53. The molecule has 1 saturated carbocycles. The molecule has 3 rings (SSSR count). The fourth-order valence-electron chi connectivity index (χ4n) is 2.89. The second kappa shape index (κ2) is 7.61. The number of amides is 3. The number of thioether (sulfide) groups is 1. The first-order chi connectivity index (χ1) is 11.7. The lowest BCUT2D eigenvalue weighted by atomic mass is 9.87. The van der Waals surface area contributed by atoms with Crippen LogP contribution in [0.2, 0.25) is 0 Å². The summed E-state index contributed by atoms with van der Waals surface area (Å²) in [6, 6.07) is 6.75. The maximum Gasteiger partial charge on any atom is 0.367 e. The molecule has 1 N–H and O–H groups in total. The van der Waals surface area contributed by atoms with Crippen LogP contribution in [-0.2, 0) is 4.79 Å². The summed E-state index contributed by atoms with van der Waals surface area (Å²) in [5.41, 5.74) is 1.61. The number of methoxy groups -OCH3 is 1. The lowest BCUT2D eigenvalue weighted by Gasteiger charge is -2.26. The van der Waals surface area contributed by atoms with E-state index in [9.17, 15) is 9.59 Å². The Balaban J connectivity index is 1.58. The Labute approximate surface area is 144 Å². The van der Waals surface area contributed by atoms with Gasteiger partial charge in [-0.3, -0.25) is 4.79 Å². The van der Waals surface area contributed by atoms with Crippen molar-refractivity contribution in [2.24, 2.45) is 15.9 Å². The van der Waals surface area contributed by atoms with Crippen LogP contribution in [0, 0.1) is 5.92 Å². The van der Waals surface area contributed by atoms with Gasteiger partial charge in [0.2, 0.25) is 5.91 Å². The maximum absolute atomic E-state index is 12.2. The lowest BCUT2D eigenvalue weighted by molar-refractivity contribution is -0.113. The smallest absolute Gasteiger partial charge is 0.367 e. The molecule has 0 bridgehead atoms. The summed E-state index contributed by atoms with van der Waals surface area (Å²) in [5.74, 6) is 0.882. The molecule has 2 aliphatic rings. The van der Waals surface area contributed by atoms with Crippen molar-refractivity contribution >= 4 is 40.1 Å². The number of hydrogen-bond donors (Lipinski definition) is 1. The van der Waals surface area contributed by atoms with Crippen molar-refractivity contribution in [2.75, 3.05) is 18.2 Å². The van der Waals surface area contributed by atoms with Gasteiger partial charge in [-0.15, -0.1) is 0 Å². The number of anilines is 1. The van der Waals surface area contributed by atoms with Crippen LogP contribution in [-0.4, -0.2) is 35.6 Å². The summed E-state index contributed by atoms with van der Waals surface area (Å²) in [6.45, 7) is 0. The normalized spacial score (nSPS) is 19.9. The van der Waals surface area contributed by atoms with Gasteiger partial charge in [0.15, 0.2) is 0 Å². The molecular formula is C17H19N3O3S. The first-order valence-corrected chi connectivity index (χ1v) is 8.91. The monoisotopic (exact) mass is 345 g/mol. The Morgan fingerprint density at radius 3 is 3.08 bits per heavy atom. The second-order valence-corrected chi connectivity index (χ2v) is 6.70. The molecule has 6 nitrogen and oxygen atoms in total. The first kappa shape index (κ1) is 16.7. The standard InChI is InChI=1S/C17H19N3O3S/c1-23-12-6-4-5-11(9-12)18-15(21)10-24-16-13-7-2-3-8-14(13)19-17(22)20-16/h4-6,9,13H,2-3,7-8,10H2,1H3,(H,18,21). The molecule has 1 aliphatic carbocycles. The van der Waals surface area contributed by atoms with Crippen LogP contribution in [0.1, 0.15) is 25.7 Å². The molecule has 0 spiro atoms. The number of aliphatic imine (C=N–C) groups is 2. The Bertz CT molecular complexity index is 715. The molecular weight excluding hydrogens is 326 g/mol. The second-order valence-electron chi connectivity index (χ2n) is 5.70. The van der Waals surface area contributed by atoms with Gasteiger partial charge < -0.3 is 10.1 Å². The summed E-state index contributed by atoms with van der Waals surface area (Å²) in [7, 11) is 1.58. The third-order valence-electron chi connectivity index (χ3n) is 4.03. The SMILES string of the molecule is COc1cccc(NC(=O)CSC2=NC(=O)N=C3CCCCC32)c1. The highest BCUT2D eigenvalue weighted by molar-refractivity contribution is 8.14. The van der Waals surface area contributed by atoms with Gasteiger partial charge in [0.25, 0.3) is 0 Å². The molecule has 1 heterocycles.